The van der Waals surface area contributed by atoms with Crippen LogP contribution < -0.4 is 5.32 Å². The fraction of sp³-hybridized carbons (Fsp3) is 0.571. The molecule has 5 heteroatoms. The number of benzene rings is 1. The number of hydrogen-bond acceptors (Lipinski definition) is 3. The lowest BCUT2D eigenvalue weighted by Gasteiger charge is -2.35. The van der Waals surface area contributed by atoms with Gasteiger partial charge in [0, 0.05) is 52.4 Å². The quantitative estimate of drug-likeness (QED) is 0.796. The summed E-state index contributed by atoms with van der Waals surface area (Å²) in [6, 6.07) is 11.0. The van der Waals surface area contributed by atoms with Gasteiger partial charge < -0.3 is 10.2 Å². The van der Waals surface area contributed by atoms with Gasteiger partial charge in [0.25, 0.3) is 0 Å². The molecule has 0 unspecified atom stereocenters. The first-order chi connectivity index (χ1) is 12.6. The Labute approximate surface area is 157 Å². The number of piperazine rings is 1. The van der Waals surface area contributed by atoms with Gasteiger partial charge in [-0.1, -0.05) is 56.3 Å². The van der Waals surface area contributed by atoms with E-state index in [4.69, 9.17) is 0 Å². The standard InChI is InChI=1S/C21H32N4O/c1-18(2)20-9-6-11-25(20)21(26)22-10-12-23-13-15-24(16-14-23)17-19-7-4-3-5-8-19/h3-9,18,20H,10-17H2,1-2H3,(H,22,26)/t20-/m1/s1. The lowest BCUT2D eigenvalue weighted by molar-refractivity contribution is 0.127. The Bertz CT molecular complexity index is 593. The van der Waals surface area contributed by atoms with Crippen LogP contribution in [-0.4, -0.2) is 72.6 Å². The molecule has 1 atom stereocenters. The van der Waals surface area contributed by atoms with Gasteiger partial charge in [-0.05, 0) is 11.5 Å². The molecule has 0 aliphatic carbocycles. The maximum atomic E-state index is 12.4. The van der Waals surface area contributed by atoms with E-state index in [0.29, 0.717) is 5.92 Å². The first-order valence-corrected chi connectivity index (χ1v) is 9.83. The lowest BCUT2D eigenvalue weighted by atomic mass is 10.1. The molecule has 1 fully saturated rings. The van der Waals surface area contributed by atoms with Crippen LogP contribution in [0, 0.1) is 5.92 Å². The molecule has 1 aromatic rings. The molecule has 2 aliphatic heterocycles. The van der Waals surface area contributed by atoms with E-state index in [1.807, 2.05) is 4.90 Å². The summed E-state index contributed by atoms with van der Waals surface area (Å²) in [5.74, 6) is 0.456. The molecule has 1 saturated heterocycles. The van der Waals surface area contributed by atoms with E-state index >= 15 is 0 Å². The van der Waals surface area contributed by atoms with Crippen molar-refractivity contribution in [3.63, 3.8) is 0 Å². The zero-order chi connectivity index (χ0) is 18.4. The Morgan fingerprint density at radius 3 is 2.50 bits per heavy atom. The van der Waals surface area contributed by atoms with Crippen LogP contribution in [0.15, 0.2) is 42.5 Å². The van der Waals surface area contributed by atoms with E-state index in [-0.39, 0.29) is 12.1 Å². The summed E-state index contributed by atoms with van der Waals surface area (Å²) in [5.41, 5.74) is 1.38. The molecule has 2 heterocycles. The molecule has 1 aromatic carbocycles. The topological polar surface area (TPSA) is 38.8 Å². The Kier molecular flexibility index (Phi) is 6.69. The molecule has 3 rings (SSSR count). The third kappa shape index (κ3) is 5.08. The summed E-state index contributed by atoms with van der Waals surface area (Å²) >= 11 is 0. The number of nitrogens with one attached hydrogen (secondary N) is 1. The number of nitrogens with zero attached hydrogens (tertiary/aromatic N) is 3. The second-order valence-corrected chi connectivity index (χ2v) is 7.65. The van der Waals surface area contributed by atoms with E-state index in [1.54, 1.807) is 0 Å². The third-order valence-corrected chi connectivity index (χ3v) is 5.36. The van der Waals surface area contributed by atoms with Crippen molar-refractivity contribution in [3.05, 3.63) is 48.0 Å². The van der Waals surface area contributed by atoms with Crippen LogP contribution >= 0.6 is 0 Å². The number of carbonyl (C=O) groups excluding carboxylic acids is 1. The summed E-state index contributed by atoms with van der Waals surface area (Å²) in [6.45, 7) is 12.1. The first-order valence-electron chi connectivity index (χ1n) is 9.83. The smallest absolute Gasteiger partial charge is 0.318 e. The average molecular weight is 357 g/mol. The van der Waals surface area contributed by atoms with Crippen LogP contribution in [0.5, 0.6) is 0 Å². The van der Waals surface area contributed by atoms with Crippen molar-refractivity contribution in [2.45, 2.75) is 26.4 Å². The molecule has 0 spiro atoms. The highest BCUT2D eigenvalue weighted by molar-refractivity contribution is 5.75. The molecule has 0 bridgehead atoms. The maximum absolute atomic E-state index is 12.4. The summed E-state index contributed by atoms with van der Waals surface area (Å²) in [4.78, 5) is 19.3. The average Bonchev–Trinajstić information content (AvgIpc) is 3.14. The fourth-order valence-corrected chi connectivity index (χ4v) is 3.77. The van der Waals surface area contributed by atoms with Gasteiger partial charge in [0.05, 0.1) is 6.04 Å². The van der Waals surface area contributed by atoms with Crippen molar-refractivity contribution in [1.29, 1.82) is 0 Å². The van der Waals surface area contributed by atoms with E-state index in [9.17, 15) is 4.79 Å². The summed E-state index contributed by atoms with van der Waals surface area (Å²) in [6.07, 6.45) is 4.24. The molecule has 1 N–H and O–H groups in total. The van der Waals surface area contributed by atoms with E-state index in [0.717, 1.165) is 52.4 Å². The van der Waals surface area contributed by atoms with Gasteiger partial charge in [0.2, 0.25) is 0 Å². The van der Waals surface area contributed by atoms with E-state index in [2.05, 4.69) is 71.4 Å². The highest BCUT2D eigenvalue weighted by Gasteiger charge is 2.26. The highest BCUT2D eigenvalue weighted by atomic mass is 16.2. The van der Waals surface area contributed by atoms with Crippen LogP contribution in [-0.2, 0) is 6.54 Å². The highest BCUT2D eigenvalue weighted by Crippen LogP contribution is 2.17. The SMILES string of the molecule is CC(C)[C@H]1C=CCN1C(=O)NCCN1CCN(Cc2ccccc2)CC1. The van der Waals surface area contributed by atoms with E-state index < -0.39 is 0 Å². The Morgan fingerprint density at radius 2 is 1.81 bits per heavy atom. The zero-order valence-electron chi connectivity index (χ0n) is 16.1. The van der Waals surface area contributed by atoms with Crippen molar-refractivity contribution in [1.82, 2.24) is 20.0 Å². The normalized spacial score (nSPS) is 21.5. The predicted octanol–water partition coefficient (Wildman–Crippen LogP) is 2.41. The Hall–Kier alpha value is -1.85. The molecule has 142 valence electrons. The summed E-state index contributed by atoms with van der Waals surface area (Å²) in [7, 11) is 0. The minimum absolute atomic E-state index is 0.0661. The second-order valence-electron chi connectivity index (χ2n) is 7.65. The molecule has 2 aliphatic rings. The molecule has 26 heavy (non-hydrogen) atoms. The zero-order valence-corrected chi connectivity index (χ0v) is 16.1. The Morgan fingerprint density at radius 1 is 1.12 bits per heavy atom. The van der Waals surface area contributed by atoms with Crippen LogP contribution in [0.25, 0.3) is 0 Å². The van der Waals surface area contributed by atoms with Crippen molar-refractivity contribution < 1.29 is 4.79 Å². The molecular weight excluding hydrogens is 324 g/mol. The first kappa shape index (κ1) is 18.9. The van der Waals surface area contributed by atoms with Crippen molar-refractivity contribution >= 4 is 6.03 Å². The lowest BCUT2D eigenvalue weighted by Crippen LogP contribution is -2.50. The van der Waals surface area contributed by atoms with Gasteiger partial charge in [-0.15, -0.1) is 0 Å². The van der Waals surface area contributed by atoms with Gasteiger partial charge in [0.15, 0.2) is 0 Å². The minimum Gasteiger partial charge on any atom is -0.337 e. The second kappa shape index (κ2) is 9.19. The van der Waals surface area contributed by atoms with Gasteiger partial charge >= 0.3 is 6.03 Å². The van der Waals surface area contributed by atoms with Gasteiger partial charge in [-0.2, -0.15) is 0 Å². The minimum atomic E-state index is 0.0661. The number of rotatable bonds is 6. The molecule has 0 aromatic heterocycles. The Balaban J connectivity index is 1.33. The number of urea groups is 1. The third-order valence-electron chi connectivity index (χ3n) is 5.36. The van der Waals surface area contributed by atoms with E-state index in [1.165, 1.54) is 5.56 Å². The predicted molar refractivity (Wildman–Crippen MR) is 106 cm³/mol. The van der Waals surface area contributed by atoms with Gasteiger partial charge in [0.1, 0.15) is 0 Å². The summed E-state index contributed by atoms with van der Waals surface area (Å²) < 4.78 is 0. The molecular formula is C21H32N4O. The van der Waals surface area contributed by atoms with Crippen LogP contribution in [0.3, 0.4) is 0 Å². The monoisotopic (exact) mass is 356 g/mol. The molecule has 0 saturated carbocycles. The van der Waals surface area contributed by atoms with Crippen LogP contribution in [0.4, 0.5) is 4.79 Å². The molecule has 5 nitrogen and oxygen atoms in total. The number of hydrogen-bond donors (Lipinski definition) is 1. The van der Waals surface area contributed by atoms with Gasteiger partial charge in [-0.25, -0.2) is 4.79 Å². The molecule has 2 amide bonds. The number of amides is 2. The van der Waals surface area contributed by atoms with Crippen LogP contribution in [0.1, 0.15) is 19.4 Å². The summed E-state index contributed by atoms with van der Waals surface area (Å²) in [5, 5.41) is 3.10. The maximum Gasteiger partial charge on any atom is 0.318 e. The largest absolute Gasteiger partial charge is 0.337 e. The van der Waals surface area contributed by atoms with Crippen molar-refractivity contribution in [3.8, 4) is 0 Å². The van der Waals surface area contributed by atoms with Gasteiger partial charge in [-0.3, -0.25) is 9.80 Å². The van der Waals surface area contributed by atoms with Crippen molar-refractivity contribution in [2.24, 2.45) is 5.92 Å². The fourth-order valence-electron chi connectivity index (χ4n) is 3.77. The number of carbonyl (C=O) groups is 1. The van der Waals surface area contributed by atoms with Crippen molar-refractivity contribution in [2.75, 3.05) is 45.8 Å². The molecule has 0 radical (unpaired) electrons. The van der Waals surface area contributed by atoms with Crippen LogP contribution in [0.2, 0.25) is 0 Å².